The van der Waals surface area contributed by atoms with E-state index >= 15 is 0 Å². The van der Waals surface area contributed by atoms with Crippen molar-refractivity contribution < 1.29 is 4.79 Å². The van der Waals surface area contributed by atoms with Crippen LogP contribution in [0.1, 0.15) is 9.67 Å². The SMILES string of the molecule is CSCCNC(=O)c1sc2cc(Br)ccc2c1N. The summed E-state index contributed by atoms with van der Waals surface area (Å²) >= 11 is 6.55. The fraction of sp³-hybridized carbons (Fsp3) is 0.250. The van der Waals surface area contributed by atoms with Crippen LogP contribution in [0.3, 0.4) is 0 Å². The first-order chi connectivity index (χ1) is 8.63. The first-order valence-corrected chi connectivity index (χ1v) is 8.38. The number of anilines is 1. The molecule has 1 aromatic heterocycles. The molecule has 0 aliphatic rings. The van der Waals surface area contributed by atoms with Crippen molar-refractivity contribution in [2.45, 2.75) is 0 Å². The molecule has 0 aliphatic carbocycles. The summed E-state index contributed by atoms with van der Waals surface area (Å²) in [6.07, 6.45) is 2.01. The van der Waals surface area contributed by atoms with Gasteiger partial charge in [-0.1, -0.05) is 22.0 Å². The average Bonchev–Trinajstić information content (AvgIpc) is 2.66. The molecule has 0 unspecified atom stereocenters. The predicted molar refractivity (Wildman–Crippen MR) is 84.7 cm³/mol. The molecule has 3 nitrogen and oxygen atoms in total. The third-order valence-corrected chi connectivity index (χ3v) is 4.76. The zero-order valence-corrected chi connectivity index (χ0v) is 13.0. The number of amides is 1. The number of hydrogen-bond acceptors (Lipinski definition) is 4. The molecule has 0 radical (unpaired) electrons. The van der Waals surface area contributed by atoms with E-state index in [-0.39, 0.29) is 5.91 Å². The third kappa shape index (κ3) is 2.81. The largest absolute Gasteiger partial charge is 0.397 e. The van der Waals surface area contributed by atoms with Crippen molar-refractivity contribution in [1.82, 2.24) is 5.32 Å². The first kappa shape index (κ1) is 13.7. The van der Waals surface area contributed by atoms with Crippen molar-refractivity contribution in [3.05, 3.63) is 27.5 Å². The van der Waals surface area contributed by atoms with Crippen LogP contribution < -0.4 is 11.1 Å². The smallest absolute Gasteiger partial charge is 0.263 e. The van der Waals surface area contributed by atoms with Crippen LogP contribution in [0.5, 0.6) is 0 Å². The fourth-order valence-corrected chi connectivity index (χ4v) is 3.50. The number of carbonyl (C=O) groups is 1. The highest BCUT2D eigenvalue weighted by Crippen LogP contribution is 2.35. The maximum absolute atomic E-state index is 12.0. The van der Waals surface area contributed by atoms with Gasteiger partial charge in [0.15, 0.2) is 0 Å². The average molecular weight is 345 g/mol. The molecule has 0 saturated heterocycles. The first-order valence-electron chi connectivity index (χ1n) is 5.38. The van der Waals surface area contributed by atoms with Gasteiger partial charge < -0.3 is 11.1 Å². The van der Waals surface area contributed by atoms with E-state index in [0.29, 0.717) is 17.1 Å². The number of benzene rings is 1. The summed E-state index contributed by atoms with van der Waals surface area (Å²) in [7, 11) is 0. The highest BCUT2D eigenvalue weighted by atomic mass is 79.9. The lowest BCUT2D eigenvalue weighted by atomic mass is 10.2. The molecular formula is C12H13BrN2OS2. The van der Waals surface area contributed by atoms with E-state index in [1.54, 1.807) is 11.8 Å². The molecule has 0 bridgehead atoms. The van der Waals surface area contributed by atoms with Crippen LogP contribution in [0.2, 0.25) is 0 Å². The van der Waals surface area contributed by atoms with Gasteiger partial charge >= 0.3 is 0 Å². The van der Waals surface area contributed by atoms with Crippen molar-refractivity contribution in [1.29, 1.82) is 0 Å². The number of thiophene rings is 1. The Hall–Kier alpha value is -0.720. The second-order valence-corrected chi connectivity index (χ2v) is 6.69. The van der Waals surface area contributed by atoms with Crippen molar-refractivity contribution in [3.63, 3.8) is 0 Å². The minimum absolute atomic E-state index is 0.0844. The summed E-state index contributed by atoms with van der Waals surface area (Å²) in [5.74, 6) is 0.820. The van der Waals surface area contributed by atoms with Gasteiger partial charge in [-0.2, -0.15) is 11.8 Å². The molecule has 0 saturated carbocycles. The molecule has 2 aromatic rings. The zero-order chi connectivity index (χ0) is 13.1. The van der Waals surface area contributed by atoms with Crippen molar-refractivity contribution in [2.24, 2.45) is 0 Å². The van der Waals surface area contributed by atoms with E-state index in [2.05, 4.69) is 21.2 Å². The van der Waals surface area contributed by atoms with E-state index in [1.165, 1.54) is 11.3 Å². The topological polar surface area (TPSA) is 55.1 Å². The number of nitrogens with one attached hydrogen (secondary N) is 1. The second-order valence-electron chi connectivity index (χ2n) is 3.73. The van der Waals surface area contributed by atoms with E-state index in [0.717, 1.165) is 20.3 Å². The number of thioether (sulfide) groups is 1. The number of carbonyl (C=O) groups excluding carboxylic acids is 1. The summed E-state index contributed by atoms with van der Waals surface area (Å²) in [6, 6.07) is 5.85. The minimum atomic E-state index is -0.0844. The maximum atomic E-state index is 12.0. The van der Waals surface area contributed by atoms with Gasteiger partial charge in [-0.05, 0) is 18.4 Å². The van der Waals surface area contributed by atoms with E-state index in [4.69, 9.17) is 5.73 Å². The number of fused-ring (bicyclic) bond motifs is 1. The van der Waals surface area contributed by atoms with Gasteiger partial charge in [0.2, 0.25) is 0 Å². The molecule has 0 aliphatic heterocycles. The summed E-state index contributed by atoms with van der Waals surface area (Å²) in [6.45, 7) is 0.664. The van der Waals surface area contributed by atoms with Crippen LogP contribution >= 0.6 is 39.0 Å². The molecule has 1 aromatic carbocycles. The van der Waals surface area contributed by atoms with Gasteiger partial charge in [0.25, 0.3) is 5.91 Å². The molecule has 0 atom stereocenters. The van der Waals surface area contributed by atoms with Crippen LogP contribution in [-0.4, -0.2) is 24.5 Å². The summed E-state index contributed by atoms with van der Waals surface area (Å²) < 4.78 is 2.02. The molecule has 0 spiro atoms. The van der Waals surface area contributed by atoms with Crippen LogP contribution in [0, 0.1) is 0 Å². The Bertz CT molecular complexity index is 583. The molecule has 3 N–H and O–H groups in total. The predicted octanol–water partition coefficient (Wildman–Crippen LogP) is 3.34. The van der Waals surface area contributed by atoms with Crippen molar-refractivity contribution in [2.75, 3.05) is 24.3 Å². The maximum Gasteiger partial charge on any atom is 0.263 e. The Labute approximate surface area is 122 Å². The molecule has 2 rings (SSSR count). The number of rotatable bonds is 4. The summed E-state index contributed by atoms with van der Waals surface area (Å²) in [4.78, 5) is 12.6. The molecule has 6 heteroatoms. The quantitative estimate of drug-likeness (QED) is 0.836. The lowest BCUT2D eigenvalue weighted by molar-refractivity contribution is 0.0961. The number of nitrogen functional groups attached to an aromatic ring is 1. The lowest BCUT2D eigenvalue weighted by Crippen LogP contribution is -2.25. The number of halogens is 1. The molecule has 18 heavy (non-hydrogen) atoms. The Morgan fingerprint density at radius 3 is 3.06 bits per heavy atom. The highest BCUT2D eigenvalue weighted by Gasteiger charge is 2.15. The van der Waals surface area contributed by atoms with Crippen LogP contribution in [0.15, 0.2) is 22.7 Å². The Morgan fingerprint density at radius 1 is 1.56 bits per heavy atom. The number of nitrogens with two attached hydrogens (primary N) is 1. The third-order valence-electron chi connectivity index (χ3n) is 2.49. The highest BCUT2D eigenvalue weighted by molar-refractivity contribution is 9.10. The van der Waals surface area contributed by atoms with Gasteiger partial charge in [-0.25, -0.2) is 0 Å². The van der Waals surface area contributed by atoms with E-state index < -0.39 is 0 Å². The molecule has 1 amide bonds. The van der Waals surface area contributed by atoms with Gasteiger partial charge in [-0.15, -0.1) is 11.3 Å². The van der Waals surface area contributed by atoms with Crippen LogP contribution in [-0.2, 0) is 0 Å². The standard InChI is InChI=1S/C12H13BrN2OS2/c1-17-5-4-15-12(16)11-10(14)8-3-2-7(13)6-9(8)18-11/h2-3,6H,4-5,14H2,1H3,(H,15,16). The van der Waals surface area contributed by atoms with Crippen molar-refractivity contribution >= 4 is 60.7 Å². The van der Waals surface area contributed by atoms with Gasteiger partial charge in [0, 0.05) is 26.9 Å². The molecule has 1 heterocycles. The Balaban J connectivity index is 2.28. The van der Waals surface area contributed by atoms with Crippen LogP contribution in [0.4, 0.5) is 5.69 Å². The van der Waals surface area contributed by atoms with Gasteiger partial charge in [0.1, 0.15) is 4.88 Å². The minimum Gasteiger partial charge on any atom is -0.397 e. The molecule has 96 valence electrons. The van der Waals surface area contributed by atoms with Gasteiger partial charge in [-0.3, -0.25) is 4.79 Å². The zero-order valence-electron chi connectivity index (χ0n) is 9.83. The monoisotopic (exact) mass is 344 g/mol. The fourth-order valence-electron chi connectivity index (χ4n) is 1.61. The summed E-state index contributed by atoms with van der Waals surface area (Å²) in [5.41, 5.74) is 6.60. The lowest BCUT2D eigenvalue weighted by Gasteiger charge is -2.02. The van der Waals surface area contributed by atoms with E-state index in [9.17, 15) is 4.79 Å². The molecular weight excluding hydrogens is 332 g/mol. The van der Waals surface area contributed by atoms with E-state index in [1.807, 2.05) is 24.5 Å². The summed E-state index contributed by atoms with van der Waals surface area (Å²) in [5, 5.41) is 3.82. The number of hydrogen-bond donors (Lipinski definition) is 2. The van der Waals surface area contributed by atoms with Crippen molar-refractivity contribution in [3.8, 4) is 0 Å². The van der Waals surface area contributed by atoms with Crippen LogP contribution in [0.25, 0.3) is 10.1 Å². The second kappa shape index (κ2) is 5.95. The Morgan fingerprint density at radius 2 is 2.33 bits per heavy atom. The normalized spacial score (nSPS) is 10.8. The Kier molecular flexibility index (Phi) is 4.53. The van der Waals surface area contributed by atoms with Gasteiger partial charge in [0.05, 0.1) is 5.69 Å². The molecule has 0 fully saturated rings.